The minimum Gasteiger partial charge on any atom is -0.481 e. The fraction of sp³-hybridized carbons (Fsp3) is 0.312. The number of aliphatic carboxylic acids is 1. The molecule has 1 heterocycles. The molecule has 2 N–H and O–H groups in total. The molecular formula is C16H16F3N3O3. The first-order chi connectivity index (χ1) is 11.6. The molecule has 1 unspecified atom stereocenters. The van der Waals surface area contributed by atoms with Crippen LogP contribution < -0.4 is 5.32 Å². The Bertz CT molecular complexity index is 799. The summed E-state index contributed by atoms with van der Waals surface area (Å²) < 4.78 is 39.7. The summed E-state index contributed by atoms with van der Waals surface area (Å²) in [6, 6.07) is 4.59. The van der Waals surface area contributed by atoms with E-state index in [1.165, 1.54) is 29.9 Å². The number of hydrogen-bond acceptors (Lipinski definition) is 3. The maximum Gasteiger partial charge on any atom is 0.416 e. The fourth-order valence-corrected chi connectivity index (χ4v) is 2.14. The Hall–Kier alpha value is -2.84. The van der Waals surface area contributed by atoms with Crippen LogP contribution in [0.1, 0.15) is 28.5 Å². The summed E-state index contributed by atoms with van der Waals surface area (Å²) in [4.78, 5) is 22.9. The highest BCUT2D eigenvalue weighted by atomic mass is 19.4. The van der Waals surface area contributed by atoms with Gasteiger partial charge in [0.1, 0.15) is 0 Å². The van der Waals surface area contributed by atoms with Gasteiger partial charge in [0.15, 0.2) is 0 Å². The SMILES string of the molecule is Cc1c(C(=O)NCC(C)C(=O)O)cnn1-c1cccc(C(F)(F)F)c1. The molecular weight excluding hydrogens is 339 g/mol. The molecule has 0 radical (unpaired) electrons. The predicted octanol–water partition coefficient (Wildman–Crippen LogP) is 2.65. The van der Waals surface area contributed by atoms with Crippen LogP contribution in [0.25, 0.3) is 5.69 Å². The van der Waals surface area contributed by atoms with E-state index in [0.29, 0.717) is 5.69 Å². The zero-order valence-corrected chi connectivity index (χ0v) is 13.5. The molecule has 0 aliphatic rings. The van der Waals surface area contributed by atoms with Gasteiger partial charge in [0.25, 0.3) is 5.91 Å². The lowest BCUT2D eigenvalue weighted by molar-refractivity contribution is -0.141. The van der Waals surface area contributed by atoms with Gasteiger partial charge in [-0.1, -0.05) is 13.0 Å². The van der Waals surface area contributed by atoms with Gasteiger partial charge in [0.05, 0.1) is 34.6 Å². The van der Waals surface area contributed by atoms with Gasteiger partial charge in [-0.15, -0.1) is 0 Å². The Kier molecular flexibility index (Phi) is 5.15. The van der Waals surface area contributed by atoms with E-state index in [4.69, 9.17) is 5.11 Å². The van der Waals surface area contributed by atoms with Crippen LogP contribution in [-0.4, -0.2) is 33.3 Å². The van der Waals surface area contributed by atoms with Crippen LogP contribution in [0.15, 0.2) is 30.5 Å². The third-order valence-corrected chi connectivity index (χ3v) is 3.66. The lowest BCUT2D eigenvalue weighted by atomic mass is 10.1. The van der Waals surface area contributed by atoms with E-state index in [1.807, 2.05) is 0 Å². The molecule has 6 nitrogen and oxygen atoms in total. The van der Waals surface area contributed by atoms with Crippen LogP contribution in [0, 0.1) is 12.8 Å². The number of halogens is 3. The van der Waals surface area contributed by atoms with Crippen LogP contribution >= 0.6 is 0 Å². The topological polar surface area (TPSA) is 84.2 Å². The Morgan fingerprint density at radius 1 is 1.36 bits per heavy atom. The monoisotopic (exact) mass is 355 g/mol. The third kappa shape index (κ3) is 4.17. The Morgan fingerprint density at radius 3 is 2.64 bits per heavy atom. The number of carboxylic acid groups (broad SMARTS) is 1. The normalized spacial score (nSPS) is 12.7. The highest BCUT2D eigenvalue weighted by Gasteiger charge is 2.30. The zero-order valence-electron chi connectivity index (χ0n) is 13.5. The first kappa shape index (κ1) is 18.5. The number of rotatable bonds is 5. The number of alkyl halides is 3. The van der Waals surface area contributed by atoms with E-state index >= 15 is 0 Å². The van der Waals surface area contributed by atoms with Crippen LogP contribution in [0.4, 0.5) is 13.2 Å². The van der Waals surface area contributed by atoms with Gasteiger partial charge >= 0.3 is 12.1 Å². The van der Waals surface area contributed by atoms with Gasteiger partial charge in [-0.2, -0.15) is 18.3 Å². The molecule has 2 rings (SSSR count). The molecule has 0 fully saturated rings. The van der Waals surface area contributed by atoms with Gasteiger partial charge in [-0.25, -0.2) is 4.68 Å². The molecule has 9 heteroatoms. The summed E-state index contributed by atoms with van der Waals surface area (Å²) in [6.07, 6.45) is -3.25. The number of amides is 1. The van der Waals surface area contributed by atoms with Crippen LogP contribution in [0.2, 0.25) is 0 Å². The first-order valence-corrected chi connectivity index (χ1v) is 7.34. The molecule has 0 spiro atoms. The highest BCUT2D eigenvalue weighted by molar-refractivity contribution is 5.95. The summed E-state index contributed by atoms with van der Waals surface area (Å²) in [7, 11) is 0. The Labute approximate surface area is 141 Å². The van der Waals surface area contributed by atoms with Gasteiger partial charge < -0.3 is 10.4 Å². The first-order valence-electron chi connectivity index (χ1n) is 7.34. The van der Waals surface area contributed by atoms with Crippen molar-refractivity contribution in [1.82, 2.24) is 15.1 Å². The van der Waals surface area contributed by atoms with Gasteiger partial charge in [0, 0.05) is 6.54 Å². The van der Waals surface area contributed by atoms with Gasteiger partial charge in [0.2, 0.25) is 0 Å². The summed E-state index contributed by atoms with van der Waals surface area (Å²) in [5, 5.41) is 15.2. The average Bonchev–Trinajstić information content (AvgIpc) is 2.93. The molecule has 0 aliphatic heterocycles. The molecule has 2 aromatic rings. The van der Waals surface area contributed by atoms with Gasteiger partial charge in [-0.3, -0.25) is 9.59 Å². The smallest absolute Gasteiger partial charge is 0.416 e. The van der Waals surface area contributed by atoms with E-state index in [2.05, 4.69) is 10.4 Å². The molecule has 1 aromatic heterocycles. The Balaban J connectivity index is 2.24. The summed E-state index contributed by atoms with van der Waals surface area (Å²) in [6.45, 7) is 2.92. The molecule has 1 aromatic carbocycles. The molecule has 0 bridgehead atoms. The second-order valence-corrected chi connectivity index (χ2v) is 5.55. The van der Waals surface area contributed by atoms with Crippen LogP contribution in [-0.2, 0) is 11.0 Å². The summed E-state index contributed by atoms with van der Waals surface area (Å²) >= 11 is 0. The minimum absolute atomic E-state index is 0.0671. The number of carboxylic acids is 1. The minimum atomic E-state index is -4.48. The van der Waals surface area contributed by atoms with Crippen LogP contribution in [0.5, 0.6) is 0 Å². The number of aromatic nitrogens is 2. The number of carbonyl (C=O) groups is 2. The maximum atomic E-state index is 12.8. The van der Waals surface area contributed by atoms with Crippen molar-refractivity contribution in [2.75, 3.05) is 6.54 Å². The number of nitrogens with one attached hydrogen (secondary N) is 1. The highest BCUT2D eigenvalue weighted by Crippen LogP contribution is 2.30. The van der Waals surface area contributed by atoms with E-state index in [1.54, 1.807) is 6.92 Å². The van der Waals surface area contributed by atoms with Crippen molar-refractivity contribution < 1.29 is 27.9 Å². The largest absolute Gasteiger partial charge is 0.481 e. The molecule has 0 aliphatic carbocycles. The van der Waals surface area contributed by atoms with Crippen molar-refractivity contribution in [3.8, 4) is 5.69 Å². The quantitative estimate of drug-likeness (QED) is 0.864. The van der Waals surface area contributed by atoms with E-state index < -0.39 is 29.5 Å². The molecule has 1 atom stereocenters. The van der Waals surface area contributed by atoms with Crippen molar-refractivity contribution in [3.05, 3.63) is 47.3 Å². The zero-order chi connectivity index (χ0) is 18.8. The second-order valence-electron chi connectivity index (χ2n) is 5.55. The number of nitrogens with zero attached hydrogens (tertiary/aromatic N) is 2. The Morgan fingerprint density at radius 2 is 2.04 bits per heavy atom. The predicted molar refractivity (Wildman–Crippen MR) is 82.4 cm³/mol. The van der Waals surface area contributed by atoms with Crippen molar-refractivity contribution in [2.24, 2.45) is 5.92 Å². The van der Waals surface area contributed by atoms with E-state index in [9.17, 15) is 22.8 Å². The van der Waals surface area contributed by atoms with Crippen molar-refractivity contribution in [2.45, 2.75) is 20.0 Å². The fourth-order valence-electron chi connectivity index (χ4n) is 2.14. The standard InChI is InChI=1S/C16H16F3N3O3/c1-9(15(24)25)7-20-14(23)13-8-21-22(10(13)2)12-5-3-4-11(6-12)16(17,18)19/h3-6,8-9H,7H2,1-2H3,(H,20,23)(H,24,25). The molecule has 1 amide bonds. The number of hydrogen-bond donors (Lipinski definition) is 2. The van der Waals surface area contributed by atoms with Gasteiger partial charge in [-0.05, 0) is 25.1 Å². The lowest BCUT2D eigenvalue weighted by Gasteiger charge is -2.11. The third-order valence-electron chi connectivity index (χ3n) is 3.66. The summed E-state index contributed by atoms with van der Waals surface area (Å²) in [5.74, 6) is -2.34. The average molecular weight is 355 g/mol. The van der Waals surface area contributed by atoms with Crippen molar-refractivity contribution >= 4 is 11.9 Å². The molecule has 134 valence electrons. The van der Waals surface area contributed by atoms with Crippen LogP contribution in [0.3, 0.4) is 0 Å². The maximum absolute atomic E-state index is 12.8. The molecule has 0 saturated heterocycles. The number of carbonyl (C=O) groups excluding carboxylic acids is 1. The van der Waals surface area contributed by atoms with Crippen molar-refractivity contribution in [3.63, 3.8) is 0 Å². The van der Waals surface area contributed by atoms with E-state index in [0.717, 1.165) is 12.1 Å². The molecule has 25 heavy (non-hydrogen) atoms. The summed E-state index contributed by atoms with van der Waals surface area (Å²) in [5.41, 5.74) is -0.138. The van der Waals surface area contributed by atoms with Crippen molar-refractivity contribution in [1.29, 1.82) is 0 Å². The number of benzene rings is 1. The molecule has 0 saturated carbocycles. The lowest BCUT2D eigenvalue weighted by Crippen LogP contribution is -2.31. The second kappa shape index (κ2) is 6.96. The van der Waals surface area contributed by atoms with E-state index in [-0.39, 0.29) is 17.8 Å².